The van der Waals surface area contributed by atoms with E-state index in [2.05, 4.69) is 27.3 Å². The van der Waals surface area contributed by atoms with Crippen molar-refractivity contribution in [3.05, 3.63) is 53.1 Å². The summed E-state index contributed by atoms with van der Waals surface area (Å²) in [6.45, 7) is 0.486. The minimum Gasteiger partial charge on any atom is -0.325 e. The summed E-state index contributed by atoms with van der Waals surface area (Å²) >= 11 is 0. The zero-order valence-corrected chi connectivity index (χ0v) is 8.77. The molecule has 16 heavy (non-hydrogen) atoms. The van der Waals surface area contributed by atoms with Gasteiger partial charge >= 0.3 is 0 Å². The van der Waals surface area contributed by atoms with E-state index in [1.54, 1.807) is 0 Å². The van der Waals surface area contributed by atoms with Gasteiger partial charge in [-0.1, -0.05) is 12.1 Å². The lowest BCUT2D eigenvalue weighted by molar-refractivity contribution is 0.944. The number of nitrogens with zero attached hydrogens (tertiary/aromatic N) is 2. The quantitative estimate of drug-likeness (QED) is 0.787. The van der Waals surface area contributed by atoms with Crippen molar-refractivity contribution in [2.75, 3.05) is 0 Å². The fourth-order valence-electron chi connectivity index (χ4n) is 2.00. The first-order valence-electron chi connectivity index (χ1n) is 5.27. The topological polar surface area (TPSA) is 67.6 Å². The van der Waals surface area contributed by atoms with Crippen LogP contribution >= 0.6 is 0 Å². The van der Waals surface area contributed by atoms with E-state index in [0.29, 0.717) is 6.54 Å². The van der Waals surface area contributed by atoms with Gasteiger partial charge in [-0.3, -0.25) is 10.1 Å². The standard InChI is InChI=1S/C12H12N4/c13-7-8-6-12(16-15-8)10-3-4-11-9(10)2-1-5-14-11/h1-3,5-6H,4,7,13H2,(H,15,16). The summed E-state index contributed by atoms with van der Waals surface area (Å²) in [6.07, 6.45) is 4.87. The fourth-order valence-corrected chi connectivity index (χ4v) is 2.00. The van der Waals surface area contributed by atoms with Gasteiger partial charge in [0, 0.05) is 36.0 Å². The van der Waals surface area contributed by atoms with E-state index in [9.17, 15) is 0 Å². The first kappa shape index (κ1) is 9.30. The number of hydrogen-bond donors (Lipinski definition) is 2. The van der Waals surface area contributed by atoms with Gasteiger partial charge in [-0.05, 0) is 12.1 Å². The first-order chi connectivity index (χ1) is 7.88. The van der Waals surface area contributed by atoms with Crippen molar-refractivity contribution in [2.45, 2.75) is 13.0 Å². The molecule has 4 heteroatoms. The fraction of sp³-hybridized carbons (Fsp3) is 0.167. The van der Waals surface area contributed by atoms with Crippen molar-refractivity contribution >= 4 is 5.57 Å². The summed E-state index contributed by atoms with van der Waals surface area (Å²) in [5.74, 6) is 0. The highest BCUT2D eigenvalue weighted by Crippen LogP contribution is 2.30. The molecule has 0 bridgehead atoms. The molecule has 3 rings (SSSR count). The van der Waals surface area contributed by atoms with Gasteiger partial charge in [0.05, 0.1) is 11.4 Å². The lowest BCUT2D eigenvalue weighted by Gasteiger charge is -2.00. The maximum absolute atomic E-state index is 5.55. The number of nitrogens with two attached hydrogens (primary N) is 1. The molecule has 2 aromatic heterocycles. The van der Waals surface area contributed by atoms with Gasteiger partial charge in [-0.2, -0.15) is 5.10 Å². The zero-order valence-electron chi connectivity index (χ0n) is 8.77. The second-order valence-electron chi connectivity index (χ2n) is 3.80. The monoisotopic (exact) mass is 212 g/mol. The van der Waals surface area contributed by atoms with Gasteiger partial charge in [0.15, 0.2) is 0 Å². The SMILES string of the molecule is NCc1cc(C2=CCc3ncccc32)n[nH]1. The summed E-state index contributed by atoms with van der Waals surface area (Å²) in [5.41, 5.74) is 10.9. The highest BCUT2D eigenvalue weighted by molar-refractivity contribution is 5.82. The molecule has 0 atom stereocenters. The van der Waals surface area contributed by atoms with Crippen LogP contribution in [-0.4, -0.2) is 15.2 Å². The van der Waals surface area contributed by atoms with Crippen LogP contribution in [0.15, 0.2) is 30.5 Å². The zero-order chi connectivity index (χ0) is 11.0. The van der Waals surface area contributed by atoms with Crippen LogP contribution in [0.5, 0.6) is 0 Å². The Bertz CT molecular complexity index is 554. The molecule has 0 aromatic carbocycles. The molecular weight excluding hydrogens is 200 g/mol. The molecule has 0 amide bonds. The lowest BCUT2D eigenvalue weighted by Crippen LogP contribution is -1.95. The van der Waals surface area contributed by atoms with Gasteiger partial charge in [-0.15, -0.1) is 0 Å². The number of nitrogens with one attached hydrogen (secondary N) is 1. The van der Waals surface area contributed by atoms with Crippen molar-refractivity contribution in [2.24, 2.45) is 5.73 Å². The number of aromatic nitrogens is 3. The molecule has 0 aliphatic heterocycles. The van der Waals surface area contributed by atoms with Gasteiger partial charge in [0.1, 0.15) is 0 Å². The molecule has 1 aliphatic carbocycles. The maximum Gasteiger partial charge on any atom is 0.0927 e. The molecule has 0 spiro atoms. The van der Waals surface area contributed by atoms with E-state index in [1.165, 1.54) is 5.56 Å². The molecule has 3 N–H and O–H groups in total. The Morgan fingerprint density at radius 1 is 1.44 bits per heavy atom. The summed E-state index contributed by atoms with van der Waals surface area (Å²) in [6, 6.07) is 6.03. The molecule has 2 heterocycles. The highest BCUT2D eigenvalue weighted by Gasteiger charge is 2.17. The molecule has 1 aliphatic rings. The Hall–Kier alpha value is -1.94. The molecule has 4 nitrogen and oxygen atoms in total. The van der Waals surface area contributed by atoms with Crippen molar-refractivity contribution in [1.82, 2.24) is 15.2 Å². The van der Waals surface area contributed by atoms with Crippen molar-refractivity contribution in [3.63, 3.8) is 0 Å². The van der Waals surface area contributed by atoms with Crippen LogP contribution in [0.1, 0.15) is 22.6 Å². The van der Waals surface area contributed by atoms with Gasteiger partial charge in [0.2, 0.25) is 0 Å². The average molecular weight is 212 g/mol. The molecule has 2 aromatic rings. The number of aromatic amines is 1. The Morgan fingerprint density at radius 2 is 2.38 bits per heavy atom. The third-order valence-electron chi connectivity index (χ3n) is 2.81. The highest BCUT2D eigenvalue weighted by atomic mass is 15.1. The van der Waals surface area contributed by atoms with E-state index in [-0.39, 0.29) is 0 Å². The van der Waals surface area contributed by atoms with E-state index < -0.39 is 0 Å². The molecule has 80 valence electrons. The number of fused-ring (bicyclic) bond motifs is 1. The molecular formula is C12H12N4. The smallest absolute Gasteiger partial charge is 0.0927 e. The molecule has 0 saturated carbocycles. The van der Waals surface area contributed by atoms with Crippen molar-refractivity contribution < 1.29 is 0 Å². The van der Waals surface area contributed by atoms with Crippen LogP contribution in [0.3, 0.4) is 0 Å². The minimum atomic E-state index is 0.486. The predicted octanol–water partition coefficient (Wildman–Crippen LogP) is 1.25. The third-order valence-corrected chi connectivity index (χ3v) is 2.81. The minimum absolute atomic E-state index is 0.486. The van der Waals surface area contributed by atoms with Gasteiger partial charge < -0.3 is 5.73 Å². The molecule has 0 saturated heterocycles. The van der Waals surface area contributed by atoms with E-state index in [4.69, 9.17) is 5.73 Å². The Morgan fingerprint density at radius 3 is 3.19 bits per heavy atom. The number of rotatable bonds is 2. The molecule has 0 fully saturated rings. The predicted molar refractivity (Wildman–Crippen MR) is 61.5 cm³/mol. The van der Waals surface area contributed by atoms with Crippen LogP contribution in [0.4, 0.5) is 0 Å². The number of hydrogen-bond acceptors (Lipinski definition) is 3. The van der Waals surface area contributed by atoms with E-state index in [1.807, 2.05) is 18.3 Å². The second-order valence-corrected chi connectivity index (χ2v) is 3.80. The normalized spacial score (nSPS) is 13.7. The first-order valence-corrected chi connectivity index (χ1v) is 5.27. The summed E-state index contributed by atoms with van der Waals surface area (Å²) in [5, 5.41) is 7.19. The lowest BCUT2D eigenvalue weighted by atomic mass is 10.1. The second kappa shape index (κ2) is 3.57. The summed E-state index contributed by atoms with van der Waals surface area (Å²) in [4.78, 5) is 4.35. The number of allylic oxidation sites excluding steroid dienone is 1. The summed E-state index contributed by atoms with van der Waals surface area (Å²) < 4.78 is 0. The van der Waals surface area contributed by atoms with Crippen LogP contribution in [0, 0.1) is 0 Å². The number of H-pyrrole nitrogens is 1. The Kier molecular flexibility index (Phi) is 2.08. The Balaban J connectivity index is 2.04. The largest absolute Gasteiger partial charge is 0.325 e. The maximum atomic E-state index is 5.55. The third kappa shape index (κ3) is 1.35. The van der Waals surface area contributed by atoms with Crippen LogP contribution < -0.4 is 5.73 Å². The number of pyridine rings is 1. The molecule has 0 radical (unpaired) electrons. The van der Waals surface area contributed by atoms with Gasteiger partial charge in [0.25, 0.3) is 0 Å². The van der Waals surface area contributed by atoms with Crippen LogP contribution in [0.25, 0.3) is 5.57 Å². The van der Waals surface area contributed by atoms with Crippen LogP contribution in [-0.2, 0) is 13.0 Å². The average Bonchev–Trinajstić information content (AvgIpc) is 2.94. The molecule has 0 unspecified atom stereocenters. The van der Waals surface area contributed by atoms with Crippen molar-refractivity contribution in [3.8, 4) is 0 Å². The summed E-state index contributed by atoms with van der Waals surface area (Å²) in [7, 11) is 0. The van der Waals surface area contributed by atoms with E-state index in [0.717, 1.165) is 29.1 Å². The van der Waals surface area contributed by atoms with Crippen LogP contribution in [0.2, 0.25) is 0 Å². The Labute approximate surface area is 93.2 Å². The van der Waals surface area contributed by atoms with E-state index >= 15 is 0 Å². The van der Waals surface area contributed by atoms with Crippen molar-refractivity contribution in [1.29, 1.82) is 0 Å². The van der Waals surface area contributed by atoms with Gasteiger partial charge in [-0.25, -0.2) is 0 Å².